The van der Waals surface area contributed by atoms with Crippen molar-refractivity contribution in [3.63, 3.8) is 0 Å². The van der Waals surface area contributed by atoms with Gasteiger partial charge in [0.15, 0.2) is 17.5 Å². The largest absolute Gasteiger partial charge is 0.454 e. The number of carbonyl (C=O) groups excluding carboxylic acids is 1. The van der Waals surface area contributed by atoms with Gasteiger partial charge in [0.25, 0.3) is 0 Å². The molecule has 9 heteroatoms. The molecule has 0 saturated carbocycles. The summed E-state index contributed by atoms with van der Waals surface area (Å²) >= 11 is 0. The number of hydrogen-bond donors (Lipinski definition) is 3. The van der Waals surface area contributed by atoms with Crippen LogP contribution in [-0.2, 0) is 11.2 Å². The minimum absolute atomic E-state index is 0. The number of aromatic nitrogens is 1. The molecule has 0 atom stereocenters. The molecule has 2 heterocycles. The van der Waals surface area contributed by atoms with Crippen LogP contribution in [0.2, 0.25) is 0 Å². The summed E-state index contributed by atoms with van der Waals surface area (Å²) in [4.78, 5) is 20.7. The molecule has 0 aliphatic carbocycles. The molecule has 1 aliphatic rings. The number of anilines is 1. The van der Waals surface area contributed by atoms with E-state index in [1.807, 2.05) is 38.1 Å². The van der Waals surface area contributed by atoms with Crippen LogP contribution in [0.3, 0.4) is 0 Å². The van der Waals surface area contributed by atoms with E-state index in [2.05, 4.69) is 25.9 Å². The number of pyridine rings is 1. The lowest BCUT2D eigenvalue weighted by Gasteiger charge is -2.11. The maximum Gasteiger partial charge on any atom is 0.231 e. The van der Waals surface area contributed by atoms with Gasteiger partial charge in [-0.1, -0.05) is 12.1 Å². The molecule has 0 spiro atoms. The van der Waals surface area contributed by atoms with Gasteiger partial charge in [0.1, 0.15) is 5.82 Å². The number of hydrogen-bond acceptors (Lipinski definition) is 5. The van der Waals surface area contributed by atoms with Gasteiger partial charge in [0.05, 0.1) is 6.54 Å². The standard InChI is InChI=1S/C21H27N5O3.HI/c1-3-22-21(23-10-8-16-5-6-17-18(12-16)29-14-28-17)24-11-9-20(27)26-19-7-4-15(2)13-25-19;/h4-7,12-13H,3,8-11,14H2,1-2H3,(H2,22,23,24)(H,25,26,27);1H. The molecule has 8 nitrogen and oxygen atoms in total. The fraction of sp³-hybridized carbons (Fsp3) is 0.381. The molecular weight excluding hydrogens is 497 g/mol. The Balaban J connectivity index is 0.00000320. The van der Waals surface area contributed by atoms with Crippen LogP contribution in [0.5, 0.6) is 11.5 Å². The second kappa shape index (κ2) is 12.2. The Morgan fingerprint density at radius 2 is 2.00 bits per heavy atom. The molecule has 0 fully saturated rings. The summed E-state index contributed by atoms with van der Waals surface area (Å²) in [5.74, 6) is 2.71. The number of ether oxygens (including phenoxy) is 2. The minimum Gasteiger partial charge on any atom is -0.454 e. The van der Waals surface area contributed by atoms with Gasteiger partial charge in [-0.15, -0.1) is 24.0 Å². The molecular formula is C21H28IN5O3. The highest BCUT2D eigenvalue weighted by molar-refractivity contribution is 14.0. The fourth-order valence-electron chi connectivity index (χ4n) is 2.78. The molecule has 3 N–H and O–H groups in total. The number of aliphatic imine (C=N–C) groups is 1. The molecule has 1 aromatic heterocycles. The van der Waals surface area contributed by atoms with Crippen LogP contribution in [0.4, 0.5) is 5.82 Å². The van der Waals surface area contributed by atoms with E-state index in [1.54, 1.807) is 12.3 Å². The molecule has 1 amide bonds. The van der Waals surface area contributed by atoms with Crippen LogP contribution >= 0.6 is 24.0 Å². The number of fused-ring (bicyclic) bond motifs is 1. The molecule has 1 aliphatic heterocycles. The Morgan fingerprint density at radius 3 is 2.77 bits per heavy atom. The highest BCUT2D eigenvalue weighted by Crippen LogP contribution is 2.32. The first-order valence-corrected chi connectivity index (χ1v) is 9.77. The van der Waals surface area contributed by atoms with Gasteiger partial charge in [-0.2, -0.15) is 0 Å². The molecule has 0 bridgehead atoms. The number of halogens is 1. The fourth-order valence-corrected chi connectivity index (χ4v) is 2.78. The van der Waals surface area contributed by atoms with E-state index in [0.717, 1.165) is 35.6 Å². The van der Waals surface area contributed by atoms with Crippen molar-refractivity contribution in [3.8, 4) is 11.5 Å². The zero-order chi connectivity index (χ0) is 20.5. The van der Waals surface area contributed by atoms with E-state index in [4.69, 9.17) is 9.47 Å². The van der Waals surface area contributed by atoms with Crippen molar-refractivity contribution in [1.82, 2.24) is 15.6 Å². The van der Waals surface area contributed by atoms with Gasteiger partial charge in [0, 0.05) is 25.7 Å². The number of rotatable bonds is 8. The average Bonchev–Trinajstić information content (AvgIpc) is 3.18. The third-order valence-electron chi connectivity index (χ3n) is 4.27. The van der Waals surface area contributed by atoms with E-state index in [-0.39, 0.29) is 43.1 Å². The number of aryl methyl sites for hydroxylation is 1. The Bertz CT molecular complexity index is 858. The van der Waals surface area contributed by atoms with Gasteiger partial charge >= 0.3 is 0 Å². The van der Waals surface area contributed by atoms with Crippen LogP contribution in [0.15, 0.2) is 41.5 Å². The Kier molecular flexibility index (Phi) is 9.65. The van der Waals surface area contributed by atoms with Crippen LogP contribution in [0.25, 0.3) is 0 Å². The third kappa shape index (κ3) is 7.36. The monoisotopic (exact) mass is 525 g/mol. The van der Waals surface area contributed by atoms with E-state index < -0.39 is 0 Å². The van der Waals surface area contributed by atoms with Crippen molar-refractivity contribution in [1.29, 1.82) is 0 Å². The summed E-state index contributed by atoms with van der Waals surface area (Å²) in [5, 5.41) is 9.26. The lowest BCUT2D eigenvalue weighted by atomic mass is 10.1. The van der Waals surface area contributed by atoms with Gasteiger partial charge in [-0.25, -0.2) is 4.98 Å². The Hall–Kier alpha value is -2.56. The number of carbonyl (C=O) groups is 1. The van der Waals surface area contributed by atoms with E-state index in [0.29, 0.717) is 24.9 Å². The van der Waals surface area contributed by atoms with Crippen molar-refractivity contribution in [2.45, 2.75) is 26.7 Å². The second-order valence-corrected chi connectivity index (χ2v) is 6.64. The summed E-state index contributed by atoms with van der Waals surface area (Å²) in [5.41, 5.74) is 2.21. The average molecular weight is 525 g/mol. The van der Waals surface area contributed by atoms with Crippen molar-refractivity contribution >= 4 is 41.7 Å². The summed E-state index contributed by atoms with van der Waals surface area (Å²) < 4.78 is 10.7. The lowest BCUT2D eigenvalue weighted by molar-refractivity contribution is -0.116. The van der Waals surface area contributed by atoms with Gasteiger partial charge in [0.2, 0.25) is 12.7 Å². The second-order valence-electron chi connectivity index (χ2n) is 6.64. The lowest BCUT2D eigenvalue weighted by Crippen LogP contribution is -2.38. The minimum atomic E-state index is -0.110. The summed E-state index contributed by atoms with van der Waals surface area (Å²) in [6.07, 6.45) is 2.83. The molecule has 3 rings (SSSR count). The summed E-state index contributed by atoms with van der Waals surface area (Å²) in [6.45, 7) is 6.08. The molecule has 0 saturated heterocycles. The zero-order valence-electron chi connectivity index (χ0n) is 17.2. The quantitative estimate of drug-likeness (QED) is 0.279. The molecule has 1 aromatic carbocycles. The van der Waals surface area contributed by atoms with Gasteiger partial charge < -0.3 is 25.4 Å². The number of nitrogens with one attached hydrogen (secondary N) is 3. The summed E-state index contributed by atoms with van der Waals surface area (Å²) in [6, 6.07) is 9.66. The van der Waals surface area contributed by atoms with Gasteiger partial charge in [-0.05, 0) is 49.6 Å². The van der Waals surface area contributed by atoms with E-state index >= 15 is 0 Å². The topological polar surface area (TPSA) is 96.9 Å². The van der Waals surface area contributed by atoms with Crippen molar-refractivity contribution in [2.24, 2.45) is 4.99 Å². The van der Waals surface area contributed by atoms with Crippen molar-refractivity contribution in [3.05, 3.63) is 47.7 Å². The first kappa shape index (κ1) is 23.7. The molecule has 0 unspecified atom stereocenters. The number of amides is 1. The van der Waals surface area contributed by atoms with Crippen molar-refractivity contribution in [2.75, 3.05) is 31.7 Å². The van der Waals surface area contributed by atoms with E-state index in [1.165, 1.54) is 0 Å². The molecule has 0 radical (unpaired) electrons. The smallest absolute Gasteiger partial charge is 0.231 e. The van der Waals surface area contributed by atoms with Crippen LogP contribution < -0.4 is 25.4 Å². The first-order valence-electron chi connectivity index (χ1n) is 9.77. The number of nitrogens with zero attached hydrogens (tertiary/aromatic N) is 2. The first-order chi connectivity index (χ1) is 14.1. The van der Waals surface area contributed by atoms with Gasteiger partial charge in [-0.3, -0.25) is 9.79 Å². The normalized spacial score (nSPS) is 12.1. The highest BCUT2D eigenvalue weighted by atomic mass is 127. The SMILES string of the molecule is CCNC(=NCCC(=O)Nc1ccc(C)cn1)NCCc1ccc2c(c1)OCO2.I. The maximum absolute atomic E-state index is 12.0. The predicted molar refractivity (Wildman–Crippen MR) is 128 cm³/mol. The van der Waals surface area contributed by atoms with Crippen LogP contribution in [0, 0.1) is 6.92 Å². The van der Waals surface area contributed by atoms with Crippen molar-refractivity contribution < 1.29 is 14.3 Å². The molecule has 162 valence electrons. The molecule has 2 aromatic rings. The Labute approximate surface area is 193 Å². The van der Waals surface area contributed by atoms with Crippen LogP contribution in [0.1, 0.15) is 24.5 Å². The summed E-state index contributed by atoms with van der Waals surface area (Å²) in [7, 11) is 0. The van der Waals surface area contributed by atoms with Crippen LogP contribution in [-0.4, -0.2) is 43.3 Å². The highest BCUT2D eigenvalue weighted by Gasteiger charge is 2.13. The number of guanidine groups is 1. The predicted octanol–water partition coefficient (Wildman–Crippen LogP) is 2.86. The zero-order valence-corrected chi connectivity index (χ0v) is 19.6. The van der Waals surface area contributed by atoms with E-state index in [9.17, 15) is 4.79 Å². The molecule has 30 heavy (non-hydrogen) atoms. The number of benzene rings is 1. The third-order valence-corrected chi connectivity index (χ3v) is 4.27. The Morgan fingerprint density at radius 1 is 1.17 bits per heavy atom. The maximum atomic E-state index is 12.0.